The zero-order chi connectivity index (χ0) is 51.7. The summed E-state index contributed by atoms with van der Waals surface area (Å²) in [7, 11) is 0. The van der Waals surface area contributed by atoms with Gasteiger partial charge in [0.25, 0.3) is 0 Å². The highest BCUT2D eigenvalue weighted by atomic mass is 19.4. The third kappa shape index (κ3) is 6.60. The zero-order valence-corrected chi connectivity index (χ0v) is 41.4. The van der Waals surface area contributed by atoms with E-state index in [1.807, 2.05) is 72.8 Å². The first-order valence-electron chi connectivity index (χ1n) is 25.6. The Kier molecular flexibility index (Phi) is 9.63. The van der Waals surface area contributed by atoms with Crippen molar-refractivity contribution in [2.45, 2.75) is 13.1 Å². The monoisotopic (exact) mass is 997 g/mol. The molecule has 0 aliphatic heterocycles. The number of nitrogens with zero attached hydrogens (tertiary/aromatic N) is 5. The Balaban J connectivity index is 1.05. The van der Waals surface area contributed by atoms with Gasteiger partial charge in [-0.25, -0.2) is 4.85 Å². The molecule has 0 radical (unpaired) electrons. The molecule has 364 valence electrons. The van der Waals surface area contributed by atoms with E-state index >= 15 is 13.2 Å². The van der Waals surface area contributed by atoms with Crippen LogP contribution in [0.15, 0.2) is 237 Å². The quantitative estimate of drug-likeness (QED) is 0.148. The van der Waals surface area contributed by atoms with E-state index in [9.17, 15) is 0 Å². The second-order valence-corrected chi connectivity index (χ2v) is 19.9. The molecule has 15 aromatic rings. The van der Waals surface area contributed by atoms with Crippen LogP contribution in [0.3, 0.4) is 0 Å². The van der Waals surface area contributed by atoms with Gasteiger partial charge in [-0.05, 0) is 138 Å². The van der Waals surface area contributed by atoms with Crippen molar-refractivity contribution >= 4 is 92.9 Å². The number of hydrogen-bond acceptors (Lipinski definition) is 0. The molecule has 0 aliphatic rings. The average molecular weight is 998 g/mol. The molecule has 0 fully saturated rings. The first-order valence-corrected chi connectivity index (χ1v) is 25.6. The highest BCUT2D eigenvalue weighted by molar-refractivity contribution is 6.21. The molecule has 8 heteroatoms. The summed E-state index contributed by atoms with van der Waals surface area (Å²) in [6, 6.07) is 79.4. The van der Waals surface area contributed by atoms with Crippen LogP contribution in [0, 0.1) is 13.5 Å². The van der Waals surface area contributed by atoms with Gasteiger partial charge in [0.2, 0.25) is 0 Å². The van der Waals surface area contributed by atoms with Crippen LogP contribution in [-0.4, -0.2) is 18.3 Å². The molecule has 0 N–H and O–H groups in total. The van der Waals surface area contributed by atoms with E-state index in [1.165, 1.54) is 6.07 Å². The van der Waals surface area contributed by atoms with E-state index in [0.29, 0.717) is 27.9 Å². The maximum absolute atomic E-state index is 15.2. The van der Waals surface area contributed by atoms with Gasteiger partial charge in [0.1, 0.15) is 0 Å². The Labute approximate surface area is 439 Å². The van der Waals surface area contributed by atoms with Crippen molar-refractivity contribution in [3.8, 4) is 45.0 Å². The molecular formula is C69H42F3N5. The third-order valence-corrected chi connectivity index (χ3v) is 15.7. The first-order chi connectivity index (χ1) is 37.7. The molecule has 77 heavy (non-hydrogen) atoms. The van der Waals surface area contributed by atoms with Gasteiger partial charge in [0.05, 0.1) is 62.0 Å². The Morgan fingerprint density at radius 1 is 0.351 bits per heavy atom. The second kappa shape index (κ2) is 16.7. The van der Waals surface area contributed by atoms with Crippen LogP contribution in [0.1, 0.15) is 11.1 Å². The molecule has 15 rings (SSSR count). The number of halogens is 3. The number of benzene rings is 11. The lowest BCUT2D eigenvalue weighted by Gasteiger charge is -2.20. The van der Waals surface area contributed by atoms with Crippen LogP contribution >= 0.6 is 0 Å². The van der Waals surface area contributed by atoms with Crippen LogP contribution in [0.25, 0.3) is 137 Å². The fourth-order valence-electron chi connectivity index (χ4n) is 12.5. The Bertz CT molecular complexity index is 4990. The third-order valence-electron chi connectivity index (χ3n) is 15.7. The molecule has 0 amide bonds. The minimum absolute atomic E-state index is 0.102. The van der Waals surface area contributed by atoms with Gasteiger partial charge in [-0.15, -0.1) is 0 Å². The van der Waals surface area contributed by atoms with Crippen molar-refractivity contribution in [1.82, 2.24) is 18.3 Å². The summed E-state index contributed by atoms with van der Waals surface area (Å²) in [6.45, 7) is 10.5. The molecule has 0 bridgehead atoms. The molecule has 0 spiro atoms. The smallest absolute Gasteiger partial charge is 0.309 e. The number of rotatable bonds is 6. The molecule has 0 atom stereocenters. The number of aryl methyl sites for hydroxylation is 1. The van der Waals surface area contributed by atoms with Crippen molar-refractivity contribution < 1.29 is 13.2 Å². The maximum atomic E-state index is 15.2. The zero-order valence-electron chi connectivity index (χ0n) is 41.4. The Morgan fingerprint density at radius 3 is 1.27 bits per heavy atom. The van der Waals surface area contributed by atoms with E-state index in [1.54, 1.807) is 13.0 Å². The lowest BCUT2D eigenvalue weighted by atomic mass is 9.91. The Hall–Kier alpha value is -10.1. The van der Waals surface area contributed by atoms with Crippen LogP contribution in [0.2, 0.25) is 0 Å². The molecule has 0 saturated carbocycles. The Morgan fingerprint density at radius 2 is 0.792 bits per heavy atom. The van der Waals surface area contributed by atoms with Crippen LogP contribution in [0.4, 0.5) is 18.9 Å². The number of fused-ring (bicyclic) bond motifs is 12. The van der Waals surface area contributed by atoms with Crippen molar-refractivity contribution in [3.63, 3.8) is 0 Å². The fraction of sp³-hybridized carbons (Fsp3) is 0.0290. The minimum atomic E-state index is -4.62. The normalized spacial score (nSPS) is 12.1. The number of alkyl halides is 3. The van der Waals surface area contributed by atoms with Gasteiger partial charge in [-0.3, -0.25) is 0 Å². The summed E-state index contributed by atoms with van der Waals surface area (Å²) in [6.07, 6.45) is -4.62. The number of para-hydroxylation sites is 6. The van der Waals surface area contributed by atoms with Crippen LogP contribution < -0.4 is 0 Å². The van der Waals surface area contributed by atoms with Crippen LogP contribution in [-0.2, 0) is 6.18 Å². The van der Waals surface area contributed by atoms with Crippen molar-refractivity contribution in [2.75, 3.05) is 0 Å². The van der Waals surface area contributed by atoms with Crippen molar-refractivity contribution in [1.29, 1.82) is 0 Å². The summed E-state index contributed by atoms with van der Waals surface area (Å²) in [5, 5.41) is 8.71. The predicted molar refractivity (Wildman–Crippen MR) is 311 cm³/mol. The lowest BCUT2D eigenvalue weighted by Crippen LogP contribution is -2.08. The highest BCUT2D eigenvalue weighted by Gasteiger charge is 2.35. The molecular weight excluding hydrogens is 956 g/mol. The molecule has 0 saturated heterocycles. The van der Waals surface area contributed by atoms with Gasteiger partial charge in [-0.1, -0.05) is 133 Å². The maximum Gasteiger partial charge on any atom is 0.417 e. The number of aromatic nitrogens is 4. The largest absolute Gasteiger partial charge is 0.417 e. The van der Waals surface area contributed by atoms with Crippen LogP contribution in [0.5, 0.6) is 0 Å². The molecule has 11 aromatic carbocycles. The van der Waals surface area contributed by atoms with Crippen molar-refractivity contribution in [3.05, 3.63) is 259 Å². The number of hydrogen-bond donors (Lipinski definition) is 0. The standard InChI is InChI=1S/C69H42F3N5/c1-42-18-17-27-57(69(70,71)72)68(42)43-32-35-63(77-62-31-16-12-26-50(62)56-39-54-48-24-10-14-29-60(48)75(65(54)41-67(56)77)45-21-7-4-8-22-45)52(36-43)51-37-46(33-34-58(51)73-2)76-61-30-15-11-25-49(61)55-38-53-47-23-9-13-28-59(47)74(64(53)40-66(55)76)44-19-5-3-6-20-44/h3-41H,1H3. The van der Waals surface area contributed by atoms with Gasteiger partial charge in [0, 0.05) is 60.2 Å². The average Bonchev–Trinajstić information content (AvgIpc) is 4.20. The SMILES string of the molecule is [C-]#[N+]c1ccc(-n2c3ccccc3c3cc4c5ccccc5n(-c5ccccc5)c4cc32)cc1-c1cc(-c2c(C)cccc2C(F)(F)F)ccc1-n1c2ccccc2c2cc3c4ccccc4n(-c4ccccc4)c3cc21. The van der Waals surface area contributed by atoms with E-state index in [4.69, 9.17) is 6.57 Å². The summed E-state index contributed by atoms with van der Waals surface area (Å²) < 4.78 is 54.6. The summed E-state index contributed by atoms with van der Waals surface area (Å²) in [5.41, 5.74) is 13.5. The van der Waals surface area contributed by atoms with Gasteiger partial charge < -0.3 is 18.3 Å². The second-order valence-electron chi connectivity index (χ2n) is 19.9. The van der Waals surface area contributed by atoms with E-state index < -0.39 is 11.7 Å². The summed E-state index contributed by atoms with van der Waals surface area (Å²) >= 11 is 0. The molecule has 4 aromatic heterocycles. The fourth-order valence-corrected chi connectivity index (χ4v) is 12.5. The van der Waals surface area contributed by atoms with Gasteiger partial charge in [0.15, 0.2) is 5.69 Å². The molecule has 5 nitrogen and oxygen atoms in total. The summed E-state index contributed by atoms with van der Waals surface area (Å²) in [4.78, 5) is 4.18. The predicted octanol–water partition coefficient (Wildman–Crippen LogP) is 19.3. The highest BCUT2D eigenvalue weighted by Crippen LogP contribution is 2.48. The summed E-state index contributed by atoms with van der Waals surface area (Å²) in [5.74, 6) is 0. The minimum Gasteiger partial charge on any atom is -0.309 e. The topological polar surface area (TPSA) is 24.1 Å². The van der Waals surface area contributed by atoms with E-state index in [-0.39, 0.29) is 5.56 Å². The molecule has 0 unspecified atom stereocenters. The lowest BCUT2D eigenvalue weighted by molar-refractivity contribution is -0.137. The molecule has 0 aliphatic carbocycles. The van der Waals surface area contributed by atoms with Gasteiger partial charge in [-0.2, -0.15) is 13.2 Å². The van der Waals surface area contributed by atoms with E-state index in [0.717, 1.165) is 116 Å². The van der Waals surface area contributed by atoms with Gasteiger partial charge >= 0.3 is 6.18 Å². The first kappa shape index (κ1) is 44.4. The molecule has 4 heterocycles. The van der Waals surface area contributed by atoms with E-state index in [2.05, 4.69) is 169 Å². The van der Waals surface area contributed by atoms with Crippen molar-refractivity contribution in [2.24, 2.45) is 0 Å².